The molecule has 232 valence electrons. The molecule has 0 aliphatic carbocycles. The number of carboxylic acids is 2. The Hall–Kier alpha value is -3.02. The number of hydrogen-bond donors (Lipinski definition) is 4. The molecular formula is C35H56O6. The van der Waals surface area contributed by atoms with Gasteiger partial charge in [0.25, 0.3) is 0 Å². The summed E-state index contributed by atoms with van der Waals surface area (Å²) in [5.41, 5.74) is 2.27. The summed E-state index contributed by atoms with van der Waals surface area (Å²) in [5.74, 6) is -0.758. The van der Waals surface area contributed by atoms with Gasteiger partial charge in [-0.2, -0.15) is 0 Å². The third kappa shape index (κ3) is 26.9. The number of carboxylic acid groups (broad SMARTS) is 2. The summed E-state index contributed by atoms with van der Waals surface area (Å²) in [6.07, 6.45) is 20.9. The van der Waals surface area contributed by atoms with Gasteiger partial charge < -0.3 is 20.4 Å². The first-order valence-electron chi connectivity index (χ1n) is 15.8. The number of carbonyl (C=O) groups is 2. The van der Waals surface area contributed by atoms with Gasteiger partial charge in [-0.15, -0.1) is 0 Å². The van der Waals surface area contributed by atoms with Crippen LogP contribution < -0.4 is 0 Å². The topological polar surface area (TPSA) is 115 Å². The first-order valence-corrected chi connectivity index (χ1v) is 15.8. The molecule has 2 rings (SSSR count). The van der Waals surface area contributed by atoms with Gasteiger partial charge in [-0.3, -0.25) is 9.59 Å². The molecule has 4 N–H and O–H groups in total. The molecule has 0 amide bonds. The van der Waals surface area contributed by atoms with Crippen molar-refractivity contribution in [2.24, 2.45) is 0 Å². The van der Waals surface area contributed by atoms with Gasteiger partial charge in [-0.05, 0) is 54.7 Å². The predicted molar refractivity (Wildman–Crippen MR) is 169 cm³/mol. The zero-order valence-electron chi connectivity index (χ0n) is 25.7. The number of phenolic OH excluding ortho intramolecular Hbond substituents is 2. The second-order valence-corrected chi connectivity index (χ2v) is 10.7. The summed E-state index contributed by atoms with van der Waals surface area (Å²) in [4.78, 5) is 20.3. The van der Waals surface area contributed by atoms with Crippen LogP contribution in [0.2, 0.25) is 0 Å². The summed E-state index contributed by atoms with van der Waals surface area (Å²) in [6, 6.07) is 14.3. The van der Waals surface area contributed by atoms with Crippen LogP contribution in [-0.2, 0) is 16.0 Å². The van der Waals surface area contributed by atoms with Crippen molar-refractivity contribution in [3.63, 3.8) is 0 Å². The van der Waals surface area contributed by atoms with E-state index < -0.39 is 11.9 Å². The second kappa shape index (κ2) is 27.2. The minimum atomic E-state index is -0.661. The average Bonchev–Trinajstić information content (AvgIpc) is 2.94. The Labute approximate surface area is 248 Å². The van der Waals surface area contributed by atoms with E-state index >= 15 is 0 Å². The van der Waals surface area contributed by atoms with Crippen molar-refractivity contribution >= 4 is 11.9 Å². The first-order chi connectivity index (χ1) is 19.8. The molecule has 6 nitrogen and oxygen atoms in total. The molecule has 41 heavy (non-hydrogen) atoms. The molecular weight excluding hydrogens is 516 g/mol. The van der Waals surface area contributed by atoms with E-state index in [2.05, 4.69) is 13.8 Å². The summed E-state index contributed by atoms with van der Waals surface area (Å²) in [6.45, 7) is 4.43. The molecule has 0 saturated heterocycles. The molecule has 0 unspecified atom stereocenters. The molecule has 2 aromatic rings. The second-order valence-electron chi connectivity index (χ2n) is 10.7. The Bertz CT molecular complexity index is 803. The van der Waals surface area contributed by atoms with Gasteiger partial charge in [-0.25, -0.2) is 0 Å². The van der Waals surface area contributed by atoms with Crippen LogP contribution in [0.1, 0.15) is 141 Å². The highest BCUT2D eigenvalue weighted by atomic mass is 16.4. The van der Waals surface area contributed by atoms with Crippen molar-refractivity contribution < 1.29 is 30.0 Å². The molecule has 0 fully saturated rings. The van der Waals surface area contributed by atoms with E-state index in [4.69, 9.17) is 20.4 Å². The van der Waals surface area contributed by atoms with Crippen LogP contribution in [0.25, 0.3) is 0 Å². The summed E-state index contributed by atoms with van der Waals surface area (Å²) in [7, 11) is 0. The summed E-state index contributed by atoms with van der Waals surface area (Å²) in [5, 5.41) is 35.0. The van der Waals surface area contributed by atoms with Crippen molar-refractivity contribution in [1.82, 2.24) is 0 Å². The fourth-order valence-corrected chi connectivity index (χ4v) is 4.28. The smallest absolute Gasteiger partial charge is 0.303 e. The number of aromatic hydroxyl groups is 2. The predicted octanol–water partition coefficient (Wildman–Crippen LogP) is 9.89. The monoisotopic (exact) mass is 572 g/mol. The van der Waals surface area contributed by atoms with Crippen LogP contribution in [0.5, 0.6) is 11.5 Å². The average molecular weight is 573 g/mol. The number of phenols is 2. The third-order valence-electron chi connectivity index (χ3n) is 6.77. The number of hydrogen-bond acceptors (Lipinski definition) is 4. The maximum Gasteiger partial charge on any atom is 0.303 e. The van der Waals surface area contributed by atoms with E-state index in [1.807, 2.05) is 24.3 Å². The van der Waals surface area contributed by atoms with E-state index in [0.717, 1.165) is 43.2 Å². The van der Waals surface area contributed by atoms with E-state index in [1.54, 1.807) is 24.3 Å². The molecule has 0 saturated carbocycles. The van der Waals surface area contributed by atoms with Gasteiger partial charge >= 0.3 is 11.9 Å². The van der Waals surface area contributed by atoms with E-state index in [-0.39, 0.29) is 11.5 Å². The van der Waals surface area contributed by atoms with E-state index in [1.165, 1.54) is 77.0 Å². The van der Waals surface area contributed by atoms with Gasteiger partial charge in [0.05, 0.1) is 0 Å². The normalized spacial score (nSPS) is 10.2. The molecule has 0 aliphatic rings. The van der Waals surface area contributed by atoms with Gasteiger partial charge in [-0.1, -0.05) is 128 Å². The molecule has 0 bridgehead atoms. The summed E-state index contributed by atoms with van der Waals surface area (Å²) >= 11 is 0. The van der Waals surface area contributed by atoms with Gasteiger partial charge in [0.2, 0.25) is 0 Å². The van der Waals surface area contributed by atoms with Crippen LogP contribution in [0.3, 0.4) is 0 Å². The lowest BCUT2D eigenvalue weighted by atomic mass is 10.1. The Morgan fingerprint density at radius 3 is 1.00 bits per heavy atom. The van der Waals surface area contributed by atoms with Crippen molar-refractivity contribution in [2.45, 2.75) is 136 Å². The summed E-state index contributed by atoms with van der Waals surface area (Å²) < 4.78 is 0. The molecule has 6 heteroatoms. The molecule has 0 atom stereocenters. The number of benzene rings is 2. The minimum Gasteiger partial charge on any atom is -0.508 e. The lowest BCUT2D eigenvalue weighted by Crippen LogP contribution is -1.93. The van der Waals surface area contributed by atoms with Gasteiger partial charge in [0.15, 0.2) is 0 Å². The Balaban J connectivity index is 0.000000589. The van der Waals surface area contributed by atoms with Crippen LogP contribution in [0.4, 0.5) is 0 Å². The fourth-order valence-electron chi connectivity index (χ4n) is 4.28. The molecule has 2 aromatic carbocycles. The van der Waals surface area contributed by atoms with Crippen molar-refractivity contribution in [3.05, 3.63) is 59.7 Å². The molecule has 0 aliphatic heterocycles. The maximum absolute atomic E-state index is 10.2. The largest absolute Gasteiger partial charge is 0.508 e. The number of unbranched alkanes of at least 4 members (excludes halogenated alkanes) is 14. The van der Waals surface area contributed by atoms with Crippen molar-refractivity contribution in [2.75, 3.05) is 0 Å². The van der Waals surface area contributed by atoms with Crippen molar-refractivity contribution in [1.29, 1.82) is 0 Å². The van der Waals surface area contributed by atoms with Crippen LogP contribution >= 0.6 is 0 Å². The van der Waals surface area contributed by atoms with Crippen LogP contribution in [0, 0.1) is 0 Å². The maximum atomic E-state index is 10.2. The minimum absolute atomic E-state index is 0.282. The Morgan fingerprint density at radius 1 is 0.463 bits per heavy atom. The van der Waals surface area contributed by atoms with E-state index in [9.17, 15) is 9.59 Å². The lowest BCUT2D eigenvalue weighted by Gasteiger charge is -2.02. The Morgan fingerprint density at radius 2 is 0.732 bits per heavy atom. The van der Waals surface area contributed by atoms with Gasteiger partial charge in [0, 0.05) is 12.8 Å². The molecule has 0 spiro atoms. The number of rotatable bonds is 20. The highest BCUT2D eigenvalue weighted by Gasteiger charge is 1.98. The van der Waals surface area contributed by atoms with Gasteiger partial charge in [0.1, 0.15) is 11.5 Å². The first kappa shape index (κ1) is 38.0. The lowest BCUT2D eigenvalue weighted by molar-refractivity contribution is -0.138. The third-order valence-corrected chi connectivity index (χ3v) is 6.77. The van der Waals surface area contributed by atoms with Crippen LogP contribution in [0.15, 0.2) is 48.5 Å². The molecule has 0 heterocycles. The highest BCUT2D eigenvalue weighted by molar-refractivity contribution is 5.66. The van der Waals surface area contributed by atoms with Crippen LogP contribution in [-0.4, -0.2) is 32.4 Å². The highest BCUT2D eigenvalue weighted by Crippen LogP contribution is 2.16. The zero-order chi connectivity index (χ0) is 30.6. The van der Waals surface area contributed by atoms with Crippen molar-refractivity contribution in [3.8, 4) is 11.5 Å². The fraction of sp³-hybridized carbons (Fsp3) is 0.600. The Kier molecular flexibility index (Phi) is 25.2. The SMILES string of the molecule is CCCCCCCCCCC(=O)O.CCCCCCCCCCC(=O)O.Oc1ccc(Cc2ccc(O)cc2)cc1. The van der Waals surface area contributed by atoms with E-state index in [0.29, 0.717) is 12.8 Å². The molecule has 0 radical (unpaired) electrons. The number of aliphatic carboxylic acids is 2. The standard InChI is InChI=1S/C13H12O2.2C11H22O2/c14-12-5-1-10(2-6-12)9-11-3-7-13(15)8-4-11;2*1-2-3-4-5-6-7-8-9-10-11(12)13/h1-8,14-15H,9H2;2*2-10H2,1H3,(H,12,13). The quantitative estimate of drug-likeness (QED) is 0.117. The zero-order valence-corrected chi connectivity index (χ0v) is 25.7. The molecule has 0 aromatic heterocycles.